The number of aromatic nitrogens is 3. The highest BCUT2D eigenvalue weighted by atomic mass is 16.5. The average Bonchev–Trinajstić information content (AvgIpc) is 3.31. The number of ether oxygens (including phenoxy) is 2. The number of pyridine rings is 1. The number of benzene rings is 1. The van der Waals surface area contributed by atoms with Crippen molar-refractivity contribution in [3.63, 3.8) is 0 Å². The fourth-order valence-electron chi connectivity index (χ4n) is 2.78. The van der Waals surface area contributed by atoms with E-state index in [0.717, 1.165) is 40.9 Å². The molecule has 0 unspecified atom stereocenters. The van der Waals surface area contributed by atoms with Crippen LogP contribution in [0.1, 0.15) is 18.1 Å². The number of nitrogens with one attached hydrogen (secondary N) is 2. The van der Waals surface area contributed by atoms with E-state index >= 15 is 0 Å². The third kappa shape index (κ3) is 5.47. The van der Waals surface area contributed by atoms with Gasteiger partial charge in [0, 0.05) is 43.3 Å². The lowest BCUT2D eigenvalue weighted by Crippen LogP contribution is -2.36. The largest absolute Gasteiger partial charge is 0.497 e. The maximum Gasteiger partial charge on any atom is 0.191 e. The summed E-state index contributed by atoms with van der Waals surface area (Å²) in [4.78, 5) is 13.1. The summed E-state index contributed by atoms with van der Waals surface area (Å²) in [7, 11) is 3.29. The van der Waals surface area contributed by atoms with Gasteiger partial charge in [-0.15, -0.1) is 0 Å². The van der Waals surface area contributed by atoms with Crippen molar-refractivity contribution in [1.82, 2.24) is 25.2 Å². The van der Waals surface area contributed by atoms with Crippen molar-refractivity contribution in [2.24, 2.45) is 4.99 Å². The van der Waals surface area contributed by atoms with Gasteiger partial charge in [-0.05, 0) is 36.8 Å². The van der Waals surface area contributed by atoms with E-state index in [0.29, 0.717) is 13.1 Å². The van der Waals surface area contributed by atoms with Gasteiger partial charge in [0.1, 0.15) is 23.6 Å². The summed E-state index contributed by atoms with van der Waals surface area (Å²) in [5.74, 6) is 3.08. The Labute approximate surface area is 170 Å². The molecule has 0 atom stereocenters. The van der Waals surface area contributed by atoms with Crippen LogP contribution < -0.4 is 20.1 Å². The highest BCUT2D eigenvalue weighted by molar-refractivity contribution is 5.79. The maximum atomic E-state index is 5.46. The molecule has 0 aliphatic carbocycles. The fraction of sp³-hybridized carbons (Fsp3) is 0.286. The standard InChI is InChI=1S/C21H26N6O2/c1-4-23-21(26-14-17-5-6-18(28-2)12-19(17)29-3)25-13-16-7-8-24-20(11-16)27-10-9-22-15-27/h5-12,15H,4,13-14H2,1-3H3,(H2,23,25,26). The molecule has 8 nitrogen and oxygen atoms in total. The fourth-order valence-corrected chi connectivity index (χ4v) is 2.78. The van der Waals surface area contributed by atoms with Gasteiger partial charge in [0.05, 0.1) is 20.8 Å². The molecule has 0 bridgehead atoms. The van der Waals surface area contributed by atoms with E-state index in [9.17, 15) is 0 Å². The van der Waals surface area contributed by atoms with Gasteiger partial charge < -0.3 is 20.1 Å². The number of hydrogen-bond donors (Lipinski definition) is 2. The van der Waals surface area contributed by atoms with Crippen molar-refractivity contribution in [1.29, 1.82) is 0 Å². The van der Waals surface area contributed by atoms with Gasteiger partial charge in [-0.25, -0.2) is 15.0 Å². The van der Waals surface area contributed by atoms with E-state index in [1.807, 2.05) is 48.0 Å². The molecule has 0 radical (unpaired) electrons. The van der Waals surface area contributed by atoms with Crippen molar-refractivity contribution in [3.05, 3.63) is 66.4 Å². The maximum absolute atomic E-state index is 5.46. The molecule has 0 aliphatic rings. The number of guanidine groups is 1. The van der Waals surface area contributed by atoms with Crippen LogP contribution in [0.15, 0.2) is 60.2 Å². The molecular formula is C21H26N6O2. The molecule has 3 aromatic rings. The summed E-state index contributed by atoms with van der Waals surface area (Å²) in [6, 6.07) is 9.73. The highest BCUT2D eigenvalue weighted by Gasteiger charge is 2.06. The minimum absolute atomic E-state index is 0.527. The molecule has 0 fully saturated rings. The van der Waals surface area contributed by atoms with Crippen LogP contribution in [0, 0.1) is 0 Å². The molecule has 29 heavy (non-hydrogen) atoms. The van der Waals surface area contributed by atoms with Crippen LogP contribution in [-0.2, 0) is 13.1 Å². The molecule has 2 aromatic heterocycles. The van der Waals surface area contributed by atoms with E-state index in [2.05, 4.69) is 25.6 Å². The summed E-state index contributed by atoms with van der Waals surface area (Å²) in [5.41, 5.74) is 2.08. The Balaban J connectivity index is 1.68. The molecule has 3 rings (SSSR count). The van der Waals surface area contributed by atoms with Crippen LogP contribution in [0.5, 0.6) is 11.5 Å². The Kier molecular flexibility index (Phi) is 7.05. The van der Waals surface area contributed by atoms with Crippen LogP contribution in [-0.4, -0.2) is 41.3 Å². The number of aliphatic imine (C=N–C) groups is 1. The summed E-state index contributed by atoms with van der Waals surface area (Å²) >= 11 is 0. The van der Waals surface area contributed by atoms with Gasteiger partial charge in [-0.1, -0.05) is 0 Å². The van der Waals surface area contributed by atoms with E-state index in [-0.39, 0.29) is 0 Å². The minimum atomic E-state index is 0.527. The molecule has 2 heterocycles. The van der Waals surface area contributed by atoms with Crippen LogP contribution in [0.3, 0.4) is 0 Å². The van der Waals surface area contributed by atoms with E-state index in [1.165, 1.54) is 0 Å². The van der Waals surface area contributed by atoms with Gasteiger partial charge in [0.25, 0.3) is 0 Å². The van der Waals surface area contributed by atoms with Crippen molar-refractivity contribution >= 4 is 5.96 Å². The van der Waals surface area contributed by atoms with Crippen molar-refractivity contribution in [2.75, 3.05) is 20.8 Å². The molecule has 0 aliphatic heterocycles. The zero-order valence-corrected chi connectivity index (χ0v) is 16.9. The van der Waals surface area contributed by atoms with Crippen LogP contribution in [0.25, 0.3) is 5.82 Å². The monoisotopic (exact) mass is 394 g/mol. The Morgan fingerprint density at radius 3 is 2.72 bits per heavy atom. The summed E-state index contributed by atoms with van der Waals surface area (Å²) in [5, 5.41) is 6.62. The van der Waals surface area contributed by atoms with Gasteiger partial charge in [0.2, 0.25) is 0 Å². The minimum Gasteiger partial charge on any atom is -0.497 e. The van der Waals surface area contributed by atoms with Crippen molar-refractivity contribution < 1.29 is 9.47 Å². The first kappa shape index (κ1) is 20.2. The predicted octanol–water partition coefficient (Wildman–Crippen LogP) is 2.54. The normalized spacial score (nSPS) is 11.2. The molecule has 1 aromatic carbocycles. The number of methoxy groups -OCH3 is 2. The van der Waals surface area contributed by atoms with Crippen LogP contribution in [0.4, 0.5) is 0 Å². The van der Waals surface area contributed by atoms with E-state index < -0.39 is 0 Å². The highest BCUT2D eigenvalue weighted by Crippen LogP contribution is 2.24. The first-order chi connectivity index (χ1) is 14.2. The zero-order chi connectivity index (χ0) is 20.5. The van der Waals surface area contributed by atoms with Gasteiger partial charge >= 0.3 is 0 Å². The molecule has 0 saturated carbocycles. The molecule has 8 heteroatoms. The van der Waals surface area contributed by atoms with Gasteiger partial charge in [-0.3, -0.25) is 4.57 Å². The van der Waals surface area contributed by atoms with E-state index in [1.54, 1.807) is 32.9 Å². The molecule has 2 N–H and O–H groups in total. The summed E-state index contributed by atoms with van der Waals surface area (Å²) in [6.45, 7) is 3.91. The Hall–Kier alpha value is -3.55. The second kappa shape index (κ2) is 10.1. The van der Waals surface area contributed by atoms with Gasteiger partial charge in [0.15, 0.2) is 5.96 Å². The van der Waals surface area contributed by atoms with Crippen LogP contribution in [0.2, 0.25) is 0 Å². The van der Waals surface area contributed by atoms with Crippen molar-refractivity contribution in [2.45, 2.75) is 20.0 Å². The van der Waals surface area contributed by atoms with Crippen LogP contribution >= 0.6 is 0 Å². The third-order valence-electron chi connectivity index (χ3n) is 4.28. The Bertz CT molecular complexity index is 940. The van der Waals surface area contributed by atoms with Crippen molar-refractivity contribution in [3.8, 4) is 17.3 Å². The molecule has 0 saturated heterocycles. The number of hydrogen-bond acceptors (Lipinski definition) is 5. The van der Waals surface area contributed by atoms with E-state index in [4.69, 9.17) is 9.47 Å². The smallest absolute Gasteiger partial charge is 0.191 e. The van der Waals surface area contributed by atoms with Gasteiger partial charge in [-0.2, -0.15) is 0 Å². The average molecular weight is 394 g/mol. The molecule has 152 valence electrons. The molecule has 0 spiro atoms. The quantitative estimate of drug-likeness (QED) is 0.451. The molecular weight excluding hydrogens is 368 g/mol. The lowest BCUT2D eigenvalue weighted by Gasteiger charge is -2.14. The second-order valence-electron chi connectivity index (χ2n) is 6.22. The summed E-state index contributed by atoms with van der Waals surface area (Å²) in [6.07, 6.45) is 7.10. The first-order valence-electron chi connectivity index (χ1n) is 9.39. The zero-order valence-electron chi connectivity index (χ0n) is 16.9. The number of imidazole rings is 1. The topological polar surface area (TPSA) is 85.6 Å². The Morgan fingerprint density at radius 1 is 1.10 bits per heavy atom. The molecule has 0 amide bonds. The number of rotatable bonds is 8. The lowest BCUT2D eigenvalue weighted by molar-refractivity contribution is 0.390. The predicted molar refractivity (Wildman–Crippen MR) is 113 cm³/mol. The Morgan fingerprint density at radius 2 is 2.00 bits per heavy atom. The first-order valence-corrected chi connectivity index (χ1v) is 9.39. The number of nitrogens with zero attached hydrogens (tertiary/aromatic N) is 4. The summed E-state index contributed by atoms with van der Waals surface area (Å²) < 4.78 is 12.6. The lowest BCUT2D eigenvalue weighted by atomic mass is 10.2. The third-order valence-corrected chi connectivity index (χ3v) is 4.28. The second-order valence-corrected chi connectivity index (χ2v) is 6.22. The SMILES string of the molecule is CCNC(=NCc1ccnc(-n2ccnc2)c1)NCc1ccc(OC)cc1OC.